The molecule has 1 aromatic carbocycles. The molecule has 1 saturated heterocycles. The Bertz CT molecular complexity index is 298. The summed E-state index contributed by atoms with van der Waals surface area (Å²) in [5.41, 5.74) is 2.55. The molecule has 1 heterocycles. The number of aliphatic hydroxyl groups excluding tert-OH is 1. The molecule has 2 atom stereocenters. The number of hydrogen-bond acceptors (Lipinski definition) is 2. The van der Waals surface area contributed by atoms with Crippen LogP contribution < -0.4 is 5.32 Å². The van der Waals surface area contributed by atoms with Crippen LogP contribution in [0.25, 0.3) is 0 Å². The van der Waals surface area contributed by atoms with Crippen molar-refractivity contribution in [3.8, 4) is 0 Å². The number of nitrogens with one attached hydrogen (secondary N) is 1. The summed E-state index contributed by atoms with van der Waals surface area (Å²) in [5.74, 6) is 0.279. The van der Waals surface area contributed by atoms with E-state index in [1.807, 2.05) is 12.1 Å². The zero-order valence-electron chi connectivity index (χ0n) is 7.83. The van der Waals surface area contributed by atoms with E-state index in [1.54, 1.807) is 0 Å². The van der Waals surface area contributed by atoms with Crippen molar-refractivity contribution in [1.29, 1.82) is 0 Å². The van der Waals surface area contributed by atoms with Crippen LogP contribution in [0, 0.1) is 6.92 Å². The van der Waals surface area contributed by atoms with Gasteiger partial charge in [0.05, 0.1) is 6.10 Å². The Morgan fingerprint density at radius 2 is 2.08 bits per heavy atom. The molecule has 1 fully saturated rings. The zero-order chi connectivity index (χ0) is 9.26. The third-order valence-corrected chi connectivity index (χ3v) is 2.77. The largest absolute Gasteiger partial charge is 0.391 e. The number of hydrogen-bond donors (Lipinski definition) is 2. The molecule has 0 aromatic heterocycles. The molecular formula is C11H15NO. The summed E-state index contributed by atoms with van der Waals surface area (Å²) >= 11 is 0. The van der Waals surface area contributed by atoms with Crippen molar-refractivity contribution < 1.29 is 5.11 Å². The van der Waals surface area contributed by atoms with Gasteiger partial charge in [0.25, 0.3) is 0 Å². The fourth-order valence-electron chi connectivity index (χ4n) is 1.99. The Morgan fingerprint density at radius 3 is 2.69 bits per heavy atom. The Morgan fingerprint density at radius 1 is 1.31 bits per heavy atom. The molecule has 2 heteroatoms. The highest BCUT2D eigenvalue weighted by Crippen LogP contribution is 2.25. The van der Waals surface area contributed by atoms with Gasteiger partial charge in [-0.1, -0.05) is 24.3 Å². The summed E-state index contributed by atoms with van der Waals surface area (Å²) in [6.07, 6.45) is -0.221. The first-order valence-electron chi connectivity index (χ1n) is 4.73. The lowest BCUT2D eigenvalue weighted by Gasteiger charge is -2.15. The second kappa shape index (κ2) is 3.48. The van der Waals surface area contributed by atoms with Gasteiger partial charge in [-0.05, 0) is 18.1 Å². The topological polar surface area (TPSA) is 32.3 Å². The predicted octanol–water partition coefficient (Wildman–Crippen LogP) is 1.04. The molecule has 70 valence electrons. The standard InChI is InChI=1S/C11H15NO/c1-8-4-2-3-5-9(8)10-6-12-7-11(10)13/h2-5,10-13H,6-7H2,1H3/t10-,11+/m0/s1. The number of aryl methyl sites for hydroxylation is 1. The first kappa shape index (κ1) is 8.73. The fraction of sp³-hybridized carbons (Fsp3) is 0.455. The SMILES string of the molecule is Cc1ccccc1[C@@H]1CNC[C@H]1O. The second-order valence-corrected chi connectivity index (χ2v) is 3.69. The maximum atomic E-state index is 9.70. The van der Waals surface area contributed by atoms with Gasteiger partial charge in [-0.15, -0.1) is 0 Å². The summed E-state index contributed by atoms with van der Waals surface area (Å²) in [7, 11) is 0. The molecule has 0 aliphatic carbocycles. The molecule has 1 aliphatic rings. The van der Waals surface area contributed by atoms with Crippen LogP contribution in [0.2, 0.25) is 0 Å². The van der Waals surface area contributed by atoms with E-state index in [2.05, 4.69) is 24.4 Å². The van der Waals surface area contributed by atoms with E-state index >= 15 is 0 Å². The van der Waals surface area contributed by atoms with Gasteiger partial charge < -0.3 is 10.4 Å². The molecule has 1 aromatic rings. The molecule has 2 N–H and O–H groups in total. The zero-order valence-corrected chi connectivity index (χ0v) is 7.83. The van der Waals surface area contributed by atoms with Gasteiger partial charge in [0, 0.05) is 19.0 Å². The van der Waals surface area contributed by atoms with Crippen molar-refractivity contribution in [2.75, 3.05) is 13.1 Å². The van der Waals surface area contributed by atoms with Crippen LogP contribution in [-0.4, -0.2) is 24.3 Å². The Labute approximate surface area is 78.6 Å². The van der Waals surface area contributed by atoms with Crippen molar-refractivity contribution in [2.24, 2.45) is 0 Å². The van der Waals surface area contributed by atoms with E-state index in [-0.39, 0.29) is 12.0 Å². The highest BCUT2D eigenvalue weighted by Gasteiger charge is 2.26. The van der Waals surface area contributed by atoms with E-state index < -0.39 is 0 Å². The van der Waals surface area contributed by atoms with Crippen LogP contribution in [-0.2, 0) is 0 Å². The second-order valence-electron chi connectivity index (χ2n) is 3.69. The molecule has 0 amide bonds. The van der Waals surface area contributed by atoms with Crippen molar-refractivity contribution in [1.82, 2.24) is 5.32 Å². The lowest BCUT2D eigenvalue weighted by atomic mass is 9.92. The normalized spacial score (nSPS) is 27.8. The minimum Gasteiger partial charge on any atom is -0.391 e. The summed E-state index contributed by atoms with van der Waals surface area (Å²) in [6.45, 7) is 3.71. The van der Waals surface area contributed by atoms with Crippen LogP contribution in [0.4, 0.5) is 0 Å². The van der Waals surface area contributed by atoms with Gasteiger partial charge in [-0.3, -0.25) is 0 Å². The fourth-order valence-corrected chi connectivity index (χ4v) is 1.99. The summed E-state index contributed by atoms with van der Waals surface area (Å²) in [4.78, 5) is 0. The molecule has 0 radical (unpaired) electrons. The average Bonchev–Trinajstić information content (AvgIpc) is 2.52. The van der Waals surface area contributed by atoms with Crippen LogP contribution in [0.5, 0.6) is 0 Å². The molecule has 0 saturated carbocycles. The average molecular weight is 177 g/mol. The smallest absolute Gasteiger partial charge is 0.0745 e. The van der Waals surface area contributed by atoms with E-state index in [0.29, 0.717) is 0 Å². The molecule has 13 heavy (non-hydrogen) atoms. The van der Waals surface area contributed by atoms with Gasteiger partial charge in [0.15, 0.2) is 0 Å². The minimum absolute atomic E-state index is 0.221. The predicted molar refractivity (Wildman–Crippen MR) is 52.8 cm³/mol. The highest BCUT2D eigenvalue weighted by molar-refractivity contribution is 5.31. The van der Waals surface area contributed by atoms with Crippen LogP contribution in [0.15, 0.2) is 24.3 Å². The van der Waals surface area contributed by atoms with Gasteiger partial charge in [0.1, 0.15) is 0 Å². The van der Waals surface area contributed by atoms with E-state index in [0.717, 1.165) is 13.1 Å². The lowest BCUT2D eigenvalue weighted by Crippen LogP contribution is -2.16. The molecule has 0 spiro atoms. The third-order valence-electron chi connectivity index (χ3n) is 2.77. The Balaban J connectivity index is 2.29. The van der Waals surface area contributed by atoms with E-state index in [9.17, 15) is 5.11 Å². The quantitative estimate of drug-likeness (QED) is 0.672. The van der Waals surface area contributed by atoms with Crippen LogP contribution >= 0.6 is 0 Å². The molecule has 2 nitrogen and oxygen atoms in total. The van der Waals surface area contributed by atoms with Crippen LogP contribution in [0.1, 0.15) is 17.0 Å². The molecule has 2 rings (SSSR count). The van der Waals surface area contributed by atoms with Crippen molar-refractivity contribution >= 4 is 0 Å². The van der Waals surface area contributed by atoms with Crippen molar-refractivity contribution in [2.45, 2.75) is 18.9 Å². The summed E-state index contributed by atoms with van der Waals surface area (Å²) in [5, 5.41) is 12.9. The molecule has 1 aliphatic heterocycles. The van der Waals surface area contributed by atoms with Crippen molar-refractivity contribution in [3.05, 3.63) is 35.4 Å². The number of aliphatic hydroxyl groups is 1. The summed E-state index contributed by atoms with van der Waals surface area (Å²) in [6, 6.07) is 8.28. The van der Waals surface area contributed by atoms with Gasteiger partial charge >= 0.3 is 0 Å². The number of benzene rings is 1. The number of β-amino-alcohol motifs (C(OH)–C–C–N with tert-alkyl or cyclic N) is 1. The first-order chi connectivity index (χ1) is 6.29. The Hall–Kier alpha value is -0.860. The highest BCUT2D eigenvalue weighted by atomic mass is 16.3. The lowest BCUT2D eigenvalue weighted by molar-refractivity contribution is 0.177. The Kier molecular flexibility index (Phi) is 2.34. The maximum absolute atomic E-state index is 9.70. The number of rotatable bonds is 1. The third kappa shape index (κ3) is 1.60. The maximum Gasteiger partial charge on any atom is 0.0745 e. The van der Waals surface area contributed by atoms with E-state index in [1.165, 1.54) is 11.1 Å². The van der Waals surface area contributed by atoms with Gasteiger partial charge in [-0.2, -0.15) is 0 Å². The first-order valence-corrected chi connectivity index (χ1v) is 4.73. The monoisotopic (exact) mass is 177 g/mol. The molecule has 0 unspecified atom stereocenters. The molecular weight excluding hydrogens is 162 g/mol. The van der Waals surface area contributed by atoms with E-state index in [4.69, 9.17) is 0 Å². The summed E-state index contributed by atoms with van der Waals surface area (Å²) < 4.78 is 0. The van der Waals surface area contributed by atoms with Crippen LogP contribution in [0.3, 0.4) is 0 Å². The van der Waals surface area contributed by atoms with Gasteiger partial charge in [-0.25, -0.2) is 0 Å². The molecule has 0 bridgehead atoms. The van der Waals surface area contributed by atoms with Crippen molar-refractivity contribution in [3.63, 3.8) is 0 Å². The van der Waals surface area contributed by atoms with Gasteiger partial charge in [0.2, 0.25) is 0 Å². The minimum atomic E-state index is -0.221.